The highest BCUT2D eigenvalue weighted by molar-refractivity contribution is 4.75. The smallest absolute Gasteiger partial charge is 0.0147 e. The van der Waals surface area contributed by atoms with Gasteiger partial charge in [0.15, 0.2) is 0 Å². The van der Waals surface area contributed by atoms with Crippen molar-refractivity contribution < 1.29 is 0 Å². The molecule has 0 aromatic rings. The van der Waals surface area contributed by atoms with E-state index in [0.29, 0.717) is 5.54 Å². The molecule has 0 amide bonds. The normalized spacial score (nSPS) is 11.0. The average molecular weight is 173 g/mol. The first-order valence-corrected chi connectivity index (χ1v) is 5.18. The maximum Gasteiger partial charge on any atom is 0.0147 e. The van der Waals surface area contributed by atoms with Crippen LogP contribution in [-0.4, -0.2) is 24.5 Å². The molecule has 0 atom stereocenters. The maximum absolute atomic E-state index is 2.29. The number of hydrogen-bond acceptors (Lipinski definition) is 1. The molecule has 0 heterocycles. The zero-order valence-corrected chi connectivity index (χ0v) is 10.1. The summed E-state index contributed by atoms with van der Waals surface area (Å²) in [5.74, 6) is 0. The number of unbranched alkanes of at least 4 members (excludes halogenated alkanes) is 1. The van der Waals surface area contributed by atoms with Crippen LogP contribution in [0.1, 0.15) is 53.9 Å². The Morgan fingerprint density at radius 1 is 1.08 bits per heavy atom. The highest BCUT2D eigenvalue weighted by atomic mass is 15.1. The third-order valence-corrected chi connectivity index (χ3v) is 2.35. The van der Waals surface area contributed by atoms with Crippen LogP contribution in [0, 0.1) is 0 Å². The molecule has 0 unspecified atom stereocenters. The van der Waals surface area contributed by atoms with Gasteiger partial charge in [0.1, 0.15) is 0 Å². The molecule has 0 rings (SSSR count). The molecule has 0 spiro atoms. The van der Waals surface area contributed by atoms with E-state index in [1.54, 1.807) is 0 Å². The molecule has 0 saturated carbocycles. The van der Waals surface area contributed by atoms with Crippen LogP contribution in [0.25, 0.3) is 0 Å². The molecule has 0 aliphatic carbocycles. The van der Waals surface area contributed by atoms with E-state index < -0.39 is 0 Å². The van der Waals surface area contributed by atoms with Crippen LogP contribution in [0.4, 0.5) is 0 Å². The van der Waals surface area contributed by atoms with Gasteiger partial charge in [-0.15, -0.1) is 0 Å². The molecule has 0 bridgehead atoms. The number of hydrogen-bond donors (Lipinski definition) is 0. The lowest BCUT2D eigenvalue weighted by atomic mass is 9.96. The van der Waals surface area contributed by atoms with Crippen molar-refractivity contribution >= 4 is 0 Å². The predicted molar refractivity (Wildman–Crippen MR) is 58.6 cm³/mol. The Balaban J connectivity index is 0. The zero-order valence-electron chi connectivity index (χ0n) is 10.1. The Labute approximate surface area is 79.2 Å². The molecule has 0 aliphatic rings. The lowest BCUT2D eigenvalue weighted by Crippen LogP contribution is -2.37. The molecule has 0 saturated heterocycles. The summed E-state index contributed by atoms with van der Waals surface area (Å²) in [5.41, 5.74) is 0.385. The van der Waals surface area contributed by atoms with Crippen molar-refractivity contribution in [1.29, 1.82) is 0 Å². The third-order valence-electron chi connectivity index (χ3n) is 2.35. The summed E-state index contributed by atoms with van der Waals surface area (Å²) in [6.07, 6.45) is 3.94. The van der Waals surface area contributed by atoms with Crippen LogP contribution in [0.5, 0.6) is 0 Å². The predicted octanol–water partition coefficient (Wildman–Crippen LogP) is 3.54. The lowest BCUT2D eigenvalue weighted by Gasteiger charge is -2.32. The number of nitrogens with zero attached hydrogens (tertiary/aromatic N) is 1. The van der Waals surface area contributed by atoms with Crippen LogP contribution >= 0.6 is 0 Å². The van der Waals surface area contributed by atoms with Gasteiger partial charge in [0.05, 0.1) is 0 Å². The van der Waals surface area contributed by atoms with Crippen molar-refractivity contribution in [1.82, 2.24) is 4.90 Å². The summed E-state index contributed by atoms with van der Waals surface area (Å²) in [6, 6.07) is 0. The largest absolute Gasteiger partial charge is 0.304 e. The van der Waals surface area contributed by atoms with Gasteiger partial charge in [0, 0.05) is 5.54 Å². The first-order chi connectivity index (χ1) is 5.50. The second-order valence-corrected chi connectivity index (χ2v) is 3.81. The second-order valence-electron chi connectivity index (χ2n) is 3.81. The molecular weight excluding hydrogens is 146 g/mol. The van der Waals surface area contributed by atoms with Gasteiger partial charge in [-0.05, 0) is 34.4 Å². The SMILES string of the molecule is CC.CCCCC(C)(C)N(C)C. The molecule has 76 valence electrons. The molecule has 0 aromatic heterocycles. The van der Waals surface area contributed by atoms with Crippen LogP contribution in [0.3, 0.4) is 0 Å². The summed E-state index contributed by atoms with van der Waals surface area (Å²) in [7, 11) is 4.30. The van der Waals surface area contributed by atoms with Gasteiger partial charge in [-0.25, -0.2) is 0 Å². The highest BCUT2D eigenvalue weighted by Gasteiger charge is 2.18. The molecule has 0 radical (unpaired) electrons. The van der Waals surface area contributed by atoms with Gasteiger partial charge in [-0.3, -0.25) is 0 Å². The van der Waals surface area contributed by atoms with Gasteiger partial charge in [-0.2, -0.15) is 0 Å². The standard InChI is InChI=1S/C9H21N.C2H6/c1-6-7-8-9(2,3)10(4)5;1-2/h6-8H2,1-5H3;1-2H3. The first kappa shape index (κ1) is 14.5. The summed E-state index contributed by atoms with van der Waals surface area (Å²) < 4.78 is 0. The Hall–Kier alpha value is -0.0400. The highest BCUT2D eigenvalue weighted by Crippen LogP contribution is 2.17. The summed E-state index contributed by atoms with van der Waals surface area (Å²) in [5, 5.41) is 0. The van der Waals surface area contributed by atoms with Crippen molar-refractivity contribution in [3.63, 3.8) is 0 Å². The Kier molecular flexibility index (Phi) is 9.17. The Bertz CT molecular complexity index is 85.0. The van der Waals surface area contributed by atoms with Crippen LogP contribution in [-0.2, 0) is 0 Å². The molecule has 12 heavy (non-hydrogen) atoms. The van der Waals surface area contributed by atoms with Gasteiger partial charge in [-0.1, -0.05) is 33.6 Å². The molecule has 0 fully saturated rings. The fourth-order valence-electron chi connectivity index (χ4n) is 0.833. The summed E-state index contributed by atoms with van der Waals surface area (Å²) >= 11 is 0. The number of rotatable bonds is 4. The fourth-order valence-corrected chi connectivity index (χ4v) is 0.833. The topological polar surface area (TPSA) is 3.24 Å². The van der Waals surface area contributed by atoms with E-state index in [0.717, 1.165) is 0 Å². The average Bonchev–Trinajstić information content (AvgIpc) is 2.04. The second kappa shape index (κ2) is 7.60. The van der Waals surface area contributed by atoms with Crippen molar-refractivity contribution in [3.8, 4) is 0 Å². The quantitative estimate of drug-likeness (QED) is 0.628. The van der Waals surface area contributed by atoms with Gasteiger partial charge >= 0.3 is 0 Å². The van der Waals surface area contributed by atoms with E-state index in [4.69, 9.17) is 0 Å². The third kappa shape index (κ3) is 6.66. The molecule has 0 aliphatic heterocycles. The first-order valence-electron chi connectivity index (χ1n) is 5.18. The van der Waals surface area contributed by atoms with Gasteiger partial charge < -0.3 is 4.90 Å². The fraction of sp³-hybridized carbons (Fsp3) is 1.00. The van der Waals surface area contributed by atoms with Crippen LogP contribution < -0.4 is 0 Å². The van der Waals surface area contributed by atoms with E-state index in [9.17, 15) is 0 Å². The van der Waals surface area contributed by atoms with E-state index >= 15 is 0 Å². The van der Waals surface area contributed by atoms with E-state index in [1.165, 1.54) is 19.3 Å². The summed E-state index contributed by atoms with van der Waals surface area (Å²) in [4.78, 5) is 2.29. The minimum Gasteiger partial charge on any atom is -0.304 e. The Morgan fingerprint density at radius 3 is 1.75 bits per heavy atom. The maximum atomic E-state index is 2.29. The molecule has 0 N–H and O–H groups in total. The minimum absolute atomic E-state index is 0.385. The molecular formula is C11H27N. The zero-order chi connectivity index (χ0) is 10.2. The van der Waals surface area contributed by atoms with Crippen LogP contribution in [0.15, 0.2) is 0 Å². The van der Waals surface area contributed by atoms with E-state index in [1.807, 2.05) is 13.8 Å². The van der Waals surface area contributed by atoms with Crippen molar-refractivity contribution in [2.45, 2.75) is 59.4 Å². The van der Waals surface area contributed by atoms with E-state index in [-0.39, 0.29) is 0 Å². The summed E-state index contributed by atoms with van der Waals surface area (Å²) in [6.45, 7) is 10.8. The minimum atomic E-state index is 0.385. The Morgan fingerprint density at radius 2 is 1.50 bits per heavy atom. The van der Waals surface area contributed by atoms with Crippen molar-refractivity contribution in [2.24, 2.45) is 0 Å². The molecule has 1 nitrogen and oxygen atoms in total. The van der Waals surface area contributed by atoms with E-state index in [2.05, 4.69) is 39.8 Å². The van der Waals surface area contributed by atoms with Gasteiger partial charge in [0.2, 0.25) is 0 Å². The van der Waals surface area contributed by atoms with Crippen molar-refractivity contribution in [2.75, 3.05) is 14.1 Å². The molecule has 1 heteroatoms. The van der Waals surface area contributed by atoms with Gasteiger partial charge in [0.25, 0.3) is 0 Å². The van der Waals surface area contributed by atoms with Crippen molar-refractivity contribution in [3.05, 3.63) is 0 Å². The lowest BCUT2D eigenvalue weighted by molar-refractivity contribution is 0.178. The molecule has 0 aromatic carbocycles. The monoisotopic (exact) mass is 173 g/mol. The van der Waals surface area contributed by atoms with Crippen LogP contribution in [0.2, 0.25) is 0 Å².